The van der Waals surface area contributed by atoms with Gasteiger partial charge in [0.15, 0.2) is 0 Å². The van der Waals surface area contributed by atoms with Crippen molar-refractivity contribution in [2.24, 2.45) is 11.7 Å². The summed E-state index contributed by atoms with van der Waals surface area (Å²) in [6.45, 7) is 2.29. The maximum atomic E-state index is 13.6. The first-order chi connectivity index (χ1) is 17.4. The summed E-state index contributed by atoms with van der Waals surface area (Å²) in [7, 11) is 0. The van der Waals surface area contributed by atoms with Gasteiger partial charge in [-0.2, -0.15) is 0 Å². The number of carbonyl (C=O) groups is 1. The molecule has 1 aliphatic heterocycles. The topological polar surface area (TPSA) is 104 Å². The van der Waals surface area contributed by atoms with Crippen molar-refractivity contribution in [2.45, 2.75) is 32.2 Å². The Morgan fingerprint density at radius 3 is 2.56 bits per heavy atom. The number of pyridine rings is 1. The minimum atomic E-state index is -0.654. The Kier molecular flexibility index (Phi) is 8.32. The van der Waals surface area contributed by atoms with Gasteiger partial charge in [-0.1, -0.05) is 6.07 Å². The van der Waals surface area contributed by atoms with Crippen LogP contribution in [-0.4, -0.2) is 35.7 Å². The normalized spacial score (nSPS) is 14.0. The molecule has 1 aromatic heterocycles. The molecule has 0 saturated carbocycles. The van der Waals surface area contributed by atoms with Gasteiger partial charge in [0.1, 0.15) is 17.5 Å². The zero-order valence-electron chi connectivity index (χ0n) is 20.0. The molecule has 4 rings (SSSR count). The molecule has 2 heterocycles. The molecule has 9 heteroatoms. The second-order valence-electron chi connectivity index (χ2n) is 9.12. The molecule has 36 heavy (non-hydrogen) atoms. The van der Waals surface area contributed by atoms with Crippen LogP contribution in [0.15, 0.2) is 54.7 Å². The number of carbonyl (C=O) groups excluding carboxylic acids is 1. The number of rotatable bonds is 10. The SMILES string of the molecule is NC(=O)Cc1cnc(Nc2cccc(N3CCC(CCO)CC3)c2)cc1NCc1cc(F)cc(F)c1. The van der Waals surface area contributed by atoms with Gasteiger partial charge in [-0.25, -0.2) is 13.8 Å². The lowest BCUT2D eigenvalue weighted by atomic mass is 9.93. The van der Waals surface area contributed by atoms with Gasteiger partial charge in [0.2, 0.25) is 5.91 Å². The van der Waals surface area contributed by atoms with Gasteiger partial charge in [0, 0.05) is 67.2 Å². The maximum Gasteiger partial charge on any atom is 0.221 e. The quantitative estimate of drug-likeness (QED) is 0.334. The fourth-order valence-electron chi connectivity index (χ4n) is 4.55. The molecular formula is C27H31F2N5O2. The van der Waals surface area contributed by atoms with Crippen molar-refractivity contribution >= 4 is 28.8 Å². The van der Waals surface area contributed by atoms with Gasteiger partial charge in [-0.3, -0.25) is 4.79 Å². The molecule has 1 aliphatic rings. The minimum Gasteiger partial charge on any atom is -0.396 e. The summed E-state index contributed by atoms with van der Waals surface area (Å²) in [5.41, 5.74) is 8.97. The molecule has 190 valence electrons. The number of aromatic nitrogens is 1. The number of halogens is 2. The number of nitrogens with one attached hydrogen (secondary N) is 2. The van der Waals surface area contributed by atoms with Gasteiger partial charge in [0.05, 0.1) is 6.42 Å². The largest absolute Gasteiger partial charge is 0.396 e. The number of aliphatic hydroxyl groups excluding tert-OH is 1. The average Bonchev–Trinajstić information content (AvgIpc) is 2.84. The van der Waals surface area contributed by atoms with Crippen LogP contribution in [0.2, 0.25) is 0 Å². The lowest BCUT2D eigenvalue weighted by Gasteiger charge is -2.33. The number of nitrogens with two attached hydrogens (primary N) is 1. The van der Waals surface area contributed by atoms with Crippen LogP contribution in [0.5, 0.6) is 0 Å². The number of amides is 1. The maximum absolute atomic E-state index is 13.6. The van der Waals surface area contributed by atoms with E-state index >= 15 is 0 Å². The molecule has 7 nitrogen and oxygen atoms in total. The summed E-state index contributed by atoms with van der Waals surface area (Å²) < 4.78 is 27.1. The summed E-state index contributed by atoms with van der Waals surface area (Å²) in [5, 5.41) is 15.6. The van der Waals surface area contributed by atoms with Crippen LogP contribution >= 0.6 is 0 Å². The van der Waals surface area contributed by atoms with E-state index in [9.17, 15) is 18.7 Å². The Morgan fingerprint density at radius 1 is 1.11 bits per heavy atom. The van der Waals surface area contributed by atoms with E-state index in [1.807, 2.05) is 12.1 Å². The molecule has 0 unspecified atom stereocenters. The van der Waals surface area contributed by atoms with Crippen LogP contribution in [-0.2, 0) is 17.8 Å². The van der Waals surface area contributed by atoms with Crippen LogP contribution in [0.25, 0.3) is 0 Å². The summed E-state index contributed by atoms with van der Waals surface area (Å²) >= 11 is 0. The number of benzene rings is 2. The van der Waals surface area contributed by atoms with E-state index in [0.717, 1.165) is 49.8 Å². The predicted octanol–water partition coefficient (Wildman–Crippen LogP) is 4.34. The number of primary amides is 1. The molecule has 0 radical (unpaired) electrons. The van der Waals surface area contributed by atoms with Crippen molar-refractivity contribution in [2.75, 3.05) is 35.2 Å². The first-order valence-corrected chi connectivity index (χ1v) is 12.1. The molecule has 1 amide bonds. The van der Waals surface area contributed by atoms with E-state index in [4.69, 9.17) is 5.73 Å². The van der Waals surface area contributed by atoms with E-state index in [1.54, 1.807) is 12.3 Å². The fraction of sp³-hybridized carbons (Fsp3) is 0.333. The summed E-state index contributed by atoms with van der Waals surface area (Å²) in [6.07, 6.45) is 4.53. The fourth-order valence-corrected chi connectivity index (χ4v) is 4.55. The van der Waals surface area contributed by atoms with Crippen molar-refractivity contribution in [3.05, 3.63) is 77.5 Å². The van der Waals surface area contributed by atoms with E-state index in [1.165, 1.54) is 12.1 Å². The molecular weight excluding hydrogens is 464 g/mol. The Morgan fingerprint density at radius 2 is 1.86 bits per heavy atom. The van der Waals surface area contributed by atoms with E-state index in [0.29, 0.717) is 28.6 Å². The van der Waals surface area contributed by atoms with Gasteiger partial charge < -0.3 is 26.4 Å². The number of nitrogens with zero attached hydrogens (tertiary/aromatic N) is 2. The predicted molar refractivity (Wildman–Crippen MR) is 137 cm³/mol. The van der Waals surface area contributed by atoms with Crippen LogP contribution < -0.4 is 21.3 Å². The van der Waals surface area contributed by atoms with Crippen molar-refractivity contribution in [1.82, 2.24) is 4.98 Å². The molecule has 1 saturated heterocycles. The Bertz CT molecular complexity index is 1180. The molecule has 0 spiro atoms. The third-order valence-corrected chi connectivity index (χ3v) is 6.39. The van der Waals surface area contributed by atoms with Crippen molar-refractivity contribution in [3.63, 3.8) is 0 Å². The Balaban J connectivity index is 1.48. The summed E-state index contributed by atoms with van der Waals surface area (Å²) in [5.74, 6) is -0.689. The lowest BCUT2D eigenvalue weighted by molar-refractivity contribution is -0.117. The summed E-state index contributed by atoms with van der Waals surface area (Å²) in [6, 6.07) is 13.1. The number of aliphatic hydroxyl groups is 1. The molecule has 1 fully saturated rings. The van der Waals surface area contributed by atoms with Crippen LogP contribution in [0.3, 0.4) is 0 Å². The highest BCUT2D eigenvalue weighted by Gasteiger charge is 2.19. The first-order valence-electron chi connectivity index (χ1n) is 12.1. The van der Waals surface area contributed by atoms with E-state index in [2.05, 4.69) is 32.7 Å². The highest BCUT2D eigenvalue weighted by atomic mass is 19.1. The average molecular weight is 496 g/mol. The van der Waals surface area contributed by atoms with E-state index in [-0.39, 0.29) is 19.6 Å². The van der Waals surface area contributed by atoms with E-state index < -0.39 is 17.5 Å². The zero-order valence-corrected chi connectivity index (χ0v) is 20.0. The Hall–Kier alpha value is -3.72. The number of hydrogen-bond donors (Lipinski definition) is 4. The van der Waals surface area contributed by atoms with Gasteiger partial charge in [-0.15, -0.1) is 0 Å². The standard InChI is InChI=1S/C27H31F2N5O2/c28-21-10-19(11-22(29)13-21)16-31-25-15-27(32-17-20(25)12-26(30)36)33-23-2-1-3-24(14-23)34-7-4-18(5-8-34)6-9-35/h1-3,10-11,13-15,17-18,35H,4-9,12,16H2,(H2,30,36)(H2,31,32,33). The molecule has 3 aromatic rings. The summed E-state index contributed by atoms with van der Waals surface area (Å²) in [4.78, 5) is 18.3. The molecule has 0 atom stereocenters. The lowest BCUT2D eigenvalue weighted by Crippen LogP contribution is -2.33. The second-order valence-corrected chi connectivity index (χ2v) is 9.12. The van der Waals surface area contributed by atoms with Crippen LogP contribution in [0, 0.1) is 17.6 Å². The highest BCUT2D eigenvalue weighted by Crippen LogP contribution is 2.29. The first kappa shape index (κ1) is 25.4. The number of piperidine rings is 1. The number of hydrogen-bond acceptors (Lipinski definition) is 6. The highest BCUT2D eigenvalue weighted by molar-refractivity contribution is 5.79. The molecule has 5 N–H and O–H groups in total. The van der Waals surface area contributed by atoms with Crippen molar-refractivity contribution < 1.29 is 18.7 Å². The van der Waals surface area contributed by atoms with Crippen LogP contribution in [0.4, 0.5) is 31.7 Å². The van der Waals surface area contributed by atoms with Gasteiger partial charge >= 0.3 is 0 Å². The third kappa shape index (κ3) is 6.91. The molecule has 0 bridgehead atoms. The van der Waals surface area contributed by atoms with Crippen LogP contribution in [0.1, 0.15) is 30.4 Å². The second kappa shape index (κ2) is 11.8. The smallest absolute Gasteiger partial charge is 0.221 e. The van der Waals surface area contributed by atoms with Crippen molar-refractivity contribution in [1.29, 1.82) is 0 Å². The Labute approximate surface area is 209 Å². The van der Waals surface area contributed by atoms with Gasteiger partial charge in [0.25, 0.3) is 0 Å². The molecule has 2 aromatic carbocycles. The third-order valence-electron chi connectivity index (χ3n) is 6.39. The number of anilines is 4. The van der Waals surface area contributed by atoms with Crippen molar-refractivity contribution in [3.8, 4) is 0 Å². The van der Waals surface area contributed by atoms with Gasteiger partial charge in [-0.05, 0) is 61.1 Å². The monoisotopic (exact) mass is 495 g/mol. The molecule has 0 aliphatic carbocycles. The minimum absolute atomic E-state index is 0.0190. The zero-order chi connectivity index (χ0) is 25.5.